The highest BCUT2D eigenvalue weighted by Crippen LogP contribution is 2.33. The molecule has 0 aromatic heterocycles. The van der Waals surface area contributed by atoms with Gasteiger partial charge in [0, 0.05) is 5.69 Å². The normalized spacial score (nSPS) is 11.8. The lowest BCUT2D eigenvalue weighted by molar-refractivity contribution is -0.150. The Morgan fingerprint density at radius 1 is 1.07 bits per heavy atom. The van der Waals surface area contributed by atoms with Crippen LogP contribution in [0.25, 0.3) is 0 Å². The molecule has 0 fully saturated rings. The molecule has 1 unspecified atom stereocenters. The quantitative estimate of drug-likeness (QED) is 0.516. The first-order valence-corrected chi connectivity index (χ1v) is 10.0. The van der Waals surface area contributed by atoms with Gasteiger partial charge in [-0.15, -0.1) is 0 Å². The molecule has 0 aliphatic rings. The lowest BCUT2D eigenvalue weighted by atomic mass is 10.1. The summed E-state index contributed by atoms with van der Waals surface area (Å²) in [5.41, 5.74) is 7.31. The zero-order valence-corrected chi connectivity index (χ0v) is 17.9. The molecule has 2 aromatic rings. The number of nitrogens with two attached hydrogens (primary N) is 1. The SMILES string of the molecule is CC(C)C(CNC(=O)CN)OC(=O)Cc1ccccc1Nc1c(Cl)cccc1Cl. The zero-order chi connectivity index (χ0) is 21.4. The first kappa shape index (κ1) is 23.0. The van der Waals surface area contributed by atoms with Crippen molar-refractivity contribution in [3.63, 3.8) is 0 Å². The lowest BCUT2D eigenvalue weighted by Crippen LogP contribution is -2.40. The van der Waals surface area contributed by atoms with E-state index in [-0.39, 0.29) is 31.3 Å². The molecule has 0 aliphatic heterocycles. The highest BCUT2D eigenvalue weighted by molar-refractivity contribution is 6.39. The van der Waals surface area contributed by atoms with Crippen molar-refractivity contribution in [3.05, 3.63) is 58.1 Å². The van der Waals surface area contributed by atoms with Crippen molar-refractivity contribution < 1.29 is 14.3 Å². The first-order valence-electron chi connectivity index (χ1n) is 9.27. The Morgan fingerprint density at radius 2 is 1.72 bits per heavy atom. The Bertz CT molecular complexity index is 839. The lowest BCUT2D eigenvalue weighted by Gasteiger charge is -2.22. The number of hydrogen-bond donors (Lipinski definition) is 3. The molecule has 0 heterocycles. The number of hydrogen-bond acceptors (Lipinski definition) is 5. The van der Waals surface area contributed by atoms with E-state index in [0.29, 0.717) is 21.4 Å². The predicted octanol–water partition coefficient (Wildman–Crippen LogP) is 3.92. The Balaban J connectivity index is 2.09. The van der Waals surface area contributed by atoms with Crippen molar-refractivity contribution in [1.82, 2.24) is 5.32 Å². The maximum atomic E-state index is 12.5. The van der Waals surface area contributed by atoms with Gasteiger partial charge in [0.15, 0.2) is 0 Å². The molecule has 1 amide bonds. The van der Waals surface area contributed by atoms with Crippen LogP contribution in [0, 0.1) is 5.92 Å². The summed E-state index contributed by atoms with van der Waals surface area (Å²) in [5, 5.41) is 6.81. The van der Waals surface area contributed by atoms with Gasteiger partial charge in [0.05, 0.1) is 35.2 Å². The van der Waals surface area contributed by atoms with E-state index < -0.39 is 12.1 Å². The van der Waals surface area contributed by atoms with Crippen LogP contribution in [0.4, 0.5) is 11.4 Å². The van der Waals surface area contributed by atoms with Crippen LogP contribution in [0.5, 0.6) is 0 Å². The van der Waals surface area contributed by atoms with Crippen LogP contribution in [0.3, 0.4) is 0 Å². The monoisotopic (exact) mass is 437 g/mol. The number of para-hydroxylation sites is 2. The fourth-order valence-corrected chi connectivity index (χ4v) is 3.11. The summed E-state index contributed by atoms with van der Waals surface area (Å²) in [7, 11) is 0. The van der Waals surface area contributed by atoms with Gasteiger partial charge >= 0.3 is 5.97 Å². The van der Waals surface area contributed by atoms with Crippen LogP contribution in [0.15, 0.2) is 42.5 Å². The van der Waals surface area contributed by atoms with Gasteiger partial charge in [-0.1, -0.05) is 61.3 Å². The van der Waals surface area contributed by atoms with Crippen molar-refractivity contribution in [2.45, 2.75) is 26.4 Å². The van der Waals surface area contributed by atoms with Crippen molar-refractivity contribution in [2.24, 2.45) is 11.7 Å². The molecule has 0 aliphatic carbocycles. The zero-order valence-electron chi connectivity index (χ0n) is 16.4. The number of carbonyl (C=O) groups is 2. The van der Waals surface area contributed by atoms with Crippen LogP contribution in [-0.2, 0) is 20.7 Å². The summed E-state index contributed by atoms with van der Waals surface area (Å²) in [6.45, 7) is 3.94. The third-order valence-electron chi connectivity index (χ3n) is 4.29. The van der Waals surface area contributed by atoms with Gasteiger partial charge in [-0.25, -0.2) is 0 Å². The molecule has 8 heteroatoms. The maximum absolute atomic E-state index is 12.5. The number of nitrogens with one attached hydrogen (secondary N) is 2. The van der Waals surface area contributed by atoms with Gasteiger partial charge in [0.2, 0.25) is 5.91 Å². The number of amides is 1. The summed E-state index contributed by atoms with van der Waals surface area (Å²) in [6.07, 6.45) is -0.393. The van der Waals surface area contributed by atoms with Gasteiger partial charge in [0.1, 0.15) is 6.10 Å². The van der Waals surface area contributed by atoms with E-state index in [4.69, 9.17) is 33.7 Å². The van der Waals surface area contributed by atoms with Crippen LogP contribution < -0.4 is 16.4 Å². The summed E-state index contributed by atoms with van der Waals surface area (Å²) < 4.78 is 5.59. The summed E-state index contributed by atoms with van der Waals surface area (Å²) in [4.78, 5) is 23.9. The third-order valence-corrected chi connectivity index (χ3v) is 4.92. The van der Waals surface area contributed by atoms with E-state index >= 15 is 0 Å². The molecule has 29 heavy (non-hydrogen) atoms. The molecule has 4 N–H and O–H groups in total. The second-order valence-corrected chi connectivity index (χ2v) is 7.65. The van der Waals surface area contributed by atoms with Crippen LogP contribution in [0.1, 0.15) is 19.4 Å². The Hall–Kier alpha value is -2.28. The number of benzene rings is 2. The Kier molecular flexibility index (Phi) is 8.76. The molecule has 0 saturated carbocycles. The van der Waals surface area contributed by atoms with Gasteiger partial charge in [-0.05, 0) is 29.7 Å². The van der Waals surface area contributed by atoms with Gasteiger partial charge in [0.25, 0.3) is 0 Å². The smallest absolute Gasteiger partial charge is 0.310 e. The fourth-order valence-electron chi connectivity index (χ4n) is 2.61. The minimum atomic E-state index is -0.448. The van der Waals surface area contributed by atoms with Gasteiger partial charge in [-0.3, -0.25) is 9.59 Å². The minimum Gasteiger partial charge on any atom is -0.460 e. The largest absolute Gasteiger partial charge is 0.460 e. The summed E-state index contributed by atoms with van der Waals surface area (Å²) >= 11 is 12.5. The van der Waals surface area contributed by atoms with Crippen LogP contribution >= 0.6 is 23.2 Å². The standard InChI is InChI=1S/C21H25Cl2N3O3/c1-13(2)18(12-25-19(27)11-24)29-20(28)10-14-6-3-4-9-17(14)26-21-15(22)7-5-8-16(21)23/h3-9,13,18,26H,10-12,24H2,1-2H3,(H,25,27). The van der Waals surface area contributed by atoms with E-state index in [2.05, 4.69) is 10.6 Å². The number of esters is 1. The van der Waals surface area contributed by atoms with E-state index in [1.165, 1.54) is 0 Å². The average Bonchev–Trinajstić information content (AvgIpc) is 2.68. The number of anilines is 2. The molecular weight excluding hydrogens is 413 g/mol. The molecule has 0 saturated heterocycles. The molecule has 0 radical (unpaired) electrons. The highest BCUT2D eigenvalue weighted by atomic mass is 35.5. The summed E-state index contributed by atoms with van der Waals surface area (Å²) in [6, 6.07) is 12.6. The van der Waals surface area contributed by atoms with Crippen molar-refractivity contribution in [2.75, 3.05) is 18.4 Å². The number of ether oxygens (including phenoxy) is 1. The molecular formula is C21H25Cl2N3O3. The Labute approximate surface area is 180 Å². The van der Waals surface area contributed by atoms with Crippen molar-refractivity contribution in [3.8, 4) is 0 Å². The first-order chi connectivity index (χ1) is 13.8. The second-order valence-electron chi connectivity index (χ2n) is 6.84. The second kappa shape index (κ2) is 11.0. The molecule has 156 valence electrons. The molecule has 2 aromatic carbocycles. The number of halogens is 2. The Morgan fingerprint density at radius 3 is 2.34 bits per heavy atom. The minimum absolute atomic E-state index is 0.0346. The molecule has 1 atom stereocenters. The number of rotatable bonds is 9. The van der Waals surface area contributed by atoms with Gasteiger partial charge < -0.3 is 21.1 Å². The van der Waals surface area contributed by atoms with Crippen LogP contribution in [0.2, 0.25) is 10.0 Å². The average molecular weight is 438 g/mol. The molecule has 2 rings (SSSR count). The fraction of sp³-hybridized carbons (Fsp3) is 0.333. The van der Waals surface area contributed by atoms with Crippen molar-refractivity contribution in [1.29, 1.82) is 0 Å². The number of carbonyl (C=O) groups excluding carboxylic acids is 2. The topological polar surface area (TPSA) is 93.5 Å². The predicted molar refractivity (Wildman–Crippen MR) is 117 cm³/mol. The molecule has 0 bridgehead atoms. The van der Waals surface area contributed by atoms with Crippen LogP contribution in [-0.4, -0.2) is 31.1 Å². The highest BCUT2D eigenvalue weighted by Gasteiger charge is 2.20. The molecule has 6 nitrogen and oxygen atoms in total. The summed E-state index contributed by atoms with van der Waals surface area (Å²) in [5.74, 6) is -0.657. The van der Waals surface area contributed by atoms with E-state index in [0.717, 1.165) is 5.56 Å². The van der Waals surface area contributed by atoms with E-state index in [1.54, 1.807) is 18.2 Å². The van der Waals surface area contributed by atoms with Gasteiger partial charge in [-0.2, -0.15) is 0 Å². The van der Waals surface area contributed by atoms with E-state index in [9.17, 15) is 9.59 Å². The third kappa shape index (κ3) is 6.92. The van der Waals surface area contributed by atoms with E-state index in [1.807, 2.05) is 38.1 Å². The maximum Gasteiger partial charge on any atom is 0.310 e. The van der Waals surface area contributed by atoms with Crippen molar-refractivity contribution >= 4 is 46.5 Å². The molecule has 0 spiro atoms.